The number of hydrazone groups is 1. The van der Waals surface area contributed by atoms with Crippen molar-refractivity contribution in [3.63, 3.8) is 0 Å². The number of hydrogen-bond donors (Lipinski definition) is 1. The molecule has 0 unspecified atom stereocenters. The second-order valence-corrected chi connectivity index (χ2v) is 7.81. The van der Waals surface area contributed by atoms with Crippen LogP contribution in [0.1, 0.15) is 30.4 Å². The number of piperidine rings is 1. The Balaban J connectivity index is 1.44. The zero-order chi connectivity index (χ0) is 19.2. The van der Waals surface area contributed by atoms with Crippen LogP contribution >= 0.6 is 11.3 Å². The number of likely N-dealkylation sites (tertiary alicyclic amines) is 1. The SMILES string of the molecule is Fc1ccc(C=NNc2nc(-c3ccccc3)cs2)c(CN2CCCCC2)c1. The molecule has 2 heterocycles. The summed E-state index contributed by atoms with van der Waals surface area (Å²) >= 11 is 1.51. The molecule has 3 aromatic rings. The lowest BCUT2D eigenvalue weighted by atomic mass is 10.1. The molecule has 0 aliphatic carbocycles. The molecule has 0 spiro atoms. The van der Waals surface area contributed by atoms with Crippen LogP contribution in [0.5, 0.6) is 0 Å². The molecule has 0 atom stereocenters. The van der Waals surface area contributed by atoms with Gasteiger partial charge in [0.2, 0.25) is 5.13 Å². The summed E-state index contributed by atoms with van der Waals surface area (Å²) in [4.78, 5) is 6.95. The van der Waals surface area contributed by atoms with Crippen molar-refractivity contribution in [2.75, 3.05) is 18.5 Å². The topological polar surface area (TPSA) is 40.5 Å². The smallest absolute Gasteiger partial charge is 0.203 e. The number of anilines is 1. The van der Waals surface area contributed by atoms with Gasteiger partial charge in [0, 0.05) is 17.5 Å². The molecular formula is C22H23FN4S. The summed E-state index contributed by atoms with van der Waals surface area (Å²) in [5, 5.41) is 7.07. The first-order valence-electron chi connectivity index (χ1n) is 9.59. The van der Waals surface area contributed by atoms with Gasteiger partial charge in [0.15, 0.2) is 0 Å². The summed E-state index contributed by atoms with van der Waals surface area (Å²) in [6.45, 7) is 2.91. The Morgan fingerprint density at radius 3 is 2.75 bits per heavy atom. The summed E-state index contributed by atoms with van der Waals surface area (Å²) in [5.74, 6) is -0.204. The molecular weight excluding hydrogens is 371 g/mol. The molecule has 1 aliphatic rings. The van der Waals surface area contributed by atoms with Crippen molar-refractivity contribution >= 4 is 22.7 Å². The van der Waals surface area contributed by atoms with Crippen molar-refractivity contribution in [1.29, 1.82) is 0 Å². The molecule has 28 heavy (non-hydrogen) atoms. The number of rotatable bonds is 6. The lowest BCUT2D eigenvalue weighted by Crippen LogP contribution is -2.29. The Morgan fingerprint density at radius 2 is 1.93 bits per heavy atom. The Bertz CT molecular complexity index is 933. The fraction of sp³-hybridized carbons (Fsp3) is 0.273. The maximum Gasteiger partial charge on any atom is 0.203 e. The van der Waals surface area contributed by atoms with Crippen LogP contribution in [0, 0.1) is 5.82 Å². The Labute approximate surface area is 168 Å². The van der Waals surface area contributed by atoms with E-state index in [9.17, 15) is 4.39 Å². The van der Waals surface area contributed by atoms with Crippen molar-refractivity contribution in [2.45, 2.75) is 25.8 Å². The number of hydrogen-bond acceptors (Lipinski definition) is 5. The molecule has 4 rings (SSSR count). The fourth-order valence-corrected chi connectivity index (χ4v) is 4.09. The third kappa shape index (κ3) is 4.82. The van der Waals surface area contributed by atoms with E-state index in [1.807, 2.05) is 35.7 Å². The first-order valence-corrected chi connectivity index (χ1v) is 10.5. The molecule has 6 heteroatoms. The highest BCUT2D eigenvalue weighted by Crippen LogP contribution is 2.24. The molecule has 0 bridgehead atoms. The third-order valence-electron chi connectivity index (χ3n) is 4.89. The van der Waals surface area contributed by atoms with Gasteiger partial charge in [-0.15, -0.1) is 11.3 Å². The zero-order valence-corrected chi connectivity index (χ0v) is 16.5. The van der Waals surface area contributed by atoms with E-state index < -0.39 is 0 Å². The first kappa shape index (κ1) is 18.8. The summed E-state index contributed by atoms with van der Waals surface area (Å²) in [6.07, 6.45) is 5.47. The Hall–Kier alpha value is -2.57. The van der Waals surface area contributed by atoms with Gasteiger partial charge < -0.3 is 0 Å². The van der Waals surface area contributed by atoms with Gasteiger partial charge in [0.05, 0.1) is 11.9 Å². The molecule has 144 valence electrons. The van der Waals surface area contributed by atoms with Crippen molar-refractivity contribution in [3.05, 3.63) is 70.9 Å². The average Bonchev–Trinajstić information content (AvgIpc) is 3.20. The molecule has 1 aliphatic heterocycles. The molecule has 0 saturated carbocycles. The zero-order valence-electron chi connectivity index (χ0n) is 15.6. The Morgan fingerprint density at radius 1 is 1.11 bits per heavy atom. The largest absolute Gasteiger partial charge is 0.299 e. The van der Waals surface area contributed by atoms with Crippen LogP contribution in [0.4, 0.5) is 9.52 Å². The van der Waals surface area contributed by atoms with E-state index >= 15 is 0 Å². The standard InChI is InChI=1S/C22H23FN4S/c23-20-10-9-18(19(13-20)15-27-11-5-2-6-12-27)14-24-26-22-25-21(16-28-22)17-7-3-1-4-8-17/h1,3-4,7-10,13-14,16H,2,5-6,11-12,15H2,(H,25,26). The van der Waals surface area contributed by atoms with E-state index in [1.165, 1.54) is 36.7 Å². The van der Waals surface area contributed by atoms with E-state index in [1.54, 1.807) is 18.3 Å². The van der Waals surface area contributed by atoms with Crippen LogP contribution in [0.25, 0.3) is 11.3 Å². The number of nitrogens with zero attached hydrogens (tertiary/aromatic N) is 3. The highest BCUT2D eigenvalue weighted by molar-refractivity contribution is 7.14. The molecule has 2 aromatic carbocycles. The van der Waals surface area contributed by atoms with Gasteiger partial charge in [0.25, 0.3) is 0 Å². The van der Waals surface area contributed by atoms with Gasteiger partial charge in [-0.05, 0) is 49.2 Å². The van der Waals surface area contributed by atoms with E-state index in [2.05, 4.69) is 20.4 Å². The lowest BCUT2D eigenvalue weighted by Gasteiger charge is -2.27. The minimum absolute atomic E-state index is 0.204. The predicted octanol–water partition coefficient (Wildman–Crippen LogP) is 5.38. The average molecular weight is 395 g/mol. The van der Waals surface area contributed by atoms with Gasteiger partial charge in [0.1, 0.15) is 5.82 Å². The van der Waals surface area contributed by atoms with Crippen LogP contribution in [-0.2, 0) is 6.54 Å². The van der Waals surface area contributed by atoms with E-state index in [-0.39, 0.29) is 5.82 Å². The van der Waals surface area contributed by atoms with Gasteiger partial charge >= 0.3 is 0 Å². The fourth-order valence-electron chi connectivity index (χ4n) is 3.42. The molecule has 1 N–H and O–H groups in total. The van der Waals surface area contributed by atoms with Crippen molar-refractivity contribution in [2.24, 2.45) is 5.10 Å². The monoisotopic (exact) mass is 394 g/mol. The van der Waals surface area contributed by atoms with Crippen LogP contribution in [0.2, 0.25) is 0 Å². The van der Waals surface area contributed by atoms with Gasteiger partial charge in [-0.3, -0.25) is 10.3 Å². The maximum absolute atomic E-state index is 13.8. The number of benzene rings is 2. The normalized spacial score (nSPS) is 15.2. The van der Waals surface area contributed by atoms with E-state index in [4.69, 9.17) is 0 Å². The molecule has 4 nitrogen and oxygen atoms in total. The maximum atomic E-state index is 13.8. The van der Waals surface area contributed by atoms with Crippen LogP contribution < -0.4 is 5.43 Å². The first-order chi connectivity index (χ1) is 13.8. The molecule has 1 fully saturated rings. The molecule has 0 amide bonds. The molecule has 0 radical (unpaired) electrons. The summed E-state index contributed by atoms with van der Waals surface area (Å²) in [6, 6.07) is 14.9. The van der Waals surface area contributed by atoms with E-state index in [0.29, 0.717) is 0 Å². The summed E-state index contributed by atoms with van der Waals surface area (Å²) in [7, 11) is 0. The minimum Gasteiger partial charge on any atom is -0.299 e. The summed E-state index contributed by atoms with van der Waals surface area (Å²) in [5.41, 5.74) is 6.91. The Kier molecular flexibility index (Phi) is 6.09. The van der Waals surface area contributed by atoms with Crippen molar-refractivity contribution < 1.29 is 4.39 Å². The van der Waals surface area contributed by atoms with Crippen LogP contribution in [-0.4, -0.2) is 29.2 Å². The number of nitrogens with one attached hydrogen (secondary N) is 1. The van der Waals surface area contributed by atoms with Gasteiger partial charge in [-0.1, -0.05) is 42.8 Å². The van der Waals surface area contributed by atoms with E-state index in [0.717, 1.165) is 47.2 Å². The highest BCUT2D eigenvalue weighted by atomic mass is 32.1. The number of aromatic nitrogens is 1. The summed E-state index contributed by atoms with van der Waals surface area (Å²) < 4.78 is 13.8. The second-order valence-electron chi connectivity index (χ2n) is 6.95. The molecule has 1 aromatic heterocycles. The molecule has 1 saturated heterocycles. The quantitative estimate of drug-likeness (QED) is 0.451. The lowest BCUT2D eigenvalue weighted by molar-refractivity contribution is 0.220. The number of thiazole rings is 1. The second kappa shape index (κ2) is 9.08. The van der Waals surface area contributed by atoms with Gasteiger partial charge in [-0.2, -0.15) is 5.10 Å². The minimum atomic E-state index is -0.204. The van der Waals surface area contributed by atoms with Crippen molar-refractivity contribution in [3.8, 4) is 11.3 Å². The number of halogens is 1. The van der Waals surface area contributed by atoms with Crippen LogP contribution in [0.15, 0.2) is 59.0 Å². The highest BCUT2D eigenvalue weighted by Gasteiger charge is 2.13. The van der Waals surface area contributed by atoms with Crippen LogP contribution in [0.3, 0.4) is 0 Å². The predicted molar refractivity (Wildman–Crippen MR) is 114 cm³/mol. The van der Waals surface area contributed by atoms with Gasteiger partial charge in [-0.25, -0.2) is 9.37 Å². The van der Waals surface area contributed by atoms with Crippen molar-refractivity contribution in [1.82, 2.24) is 9.88 Å². The third-order valence-corrected chi connectivity index (χ3v) is 5.63.